The average molecular weight is 353 g/mol. The molecule has 5 nitrogen and oxygen atoms in total. The molecule has 3 N–H and O–H groups in total. The normalized spacial score (nSPS) is 10.6. The number of carbonyl (C=O) groups excluding carboxylic acids is 2. The van der Waals surface area contributed by atoms with Crippen molar-refractivity contribution < 1.29 is 9.59 Å². The molecule has 0 bridgehead atoms. The number of hydrogen-bond acceptors (Lipinski definition) is 3. The summed E-state index contributed by atoms with van der Waals surface area (Å²) in [5.41, 5.74) is 2.69. The van der Waals surface area contributed by atoms with E-state index in [1.165, 1.54) is 5.56 Å². The Morgan fingerprint density at radius 2 is 1.42 bits per heavy atom. The summed E-state index contributed by atoms with van der Waals surface area (Å²) in [5, 5.41) is 8.83. The standard InChI is InChI=1S/C21H27N3O2/c1-16(2)14-20(25)23-18-8-10-19(11-9-18)24-21(26)15-22-13-12-17-6-4-3-5-7-17/h3-11,16,22H,12-15H2,1-2H3,(H,23,25)(H,24,26). The summed E-state index contributed by atoms with van der Waals surface area (Å²) >= 11 is 0. The van der Waals surface area contributed by atoms with E-state index in [0.717, 1.165) is 18.7 Å². The van der Waals surface area contributed by atoms with E-state index in [1.807, 2.05) is 32.0 Å². The SMILES string of the molecule is CC(C)CC(=O)Nc1ccc(NC(=O)CNCCc2ccccc2)cc1. The molecule has 0 saturated carbocycles. The summed E-state index contributed by atoms with van der Waals surface area (Å²) in [6.45, 7) is 5.02. The highest BCUT2D eigenvalue weighted by molar-refractivity contribution is 5.93. The summed E-state index contributed by atoms with van der Waals surface area (Å²) in [6.07, 6.45) is 1.38. The maximum Gasteiger partial charge on any atom is 0.238 e. The van der Waals surface area contributed by atoms with Crippen molar-refractivity contribution in [2.75, 3.05) is 23.7 Å². The van der Waals surface area contributed by atoms with E-state index in [9.17, 15) is 9.59 Å². The Morgan fingerprint density at radius 1 is 0.846 bits per heavy atom. The minimum Gasteiger partial charge on any atom is -0.326 e. The number of rotatable bonds is 9. The molecule has 0 spiro atoms. The van der Waals surface area contributed by atoms with Crippen LogP contribution in [-0.4, -0.2) is 24.9 Å². The van der Waals surface area contributed by atoms with E-state index in [0.29, 0.717) is 18.0 Å². The predicted octanol–water partition coefficient (Wildman–Crippen LogP) is 3.44. The maximum absolute atomic E-state index is 12.0. The van der Waals surface area contributed by atoms with Crippen molar-refractivity contribution in [2.45, 2.75) is 26.7 Å². The second-order valence-corrected chi connectivity index (χ2v) is 6.68. The molecule has 0 aliphatic carbocycles. The quantitative estimate of drug-likeness (QED) is 0.605. The van der Waals surface area contributed by atoms with Gasteiger partial charge in [-0.25, -0.2) is 0 Å². The Hall–Kier alpha value is -2.66. The van der Waals surface area contributed by atoms with Gasteiger partial charge in [0.15, 0.2) is 0 Å². The van der Waals surface area contributed by atoms with Gasteiger partial charge in [-0.3, -0.25) is 9.59 Å². The van der Waals surface area contributed by atoms with Crippen molar-refractivity contribution in [1.29, 1.82) is 0 Å². The number of amides is 2. The Labute approximate surface area is 155 Å². The second-order valence-electron chi connectivity index (χ2n) is 6.68. The molecule has 2 aromatic carbocycles. The minimum absolute atomic E-state index is 0.000554. The van der Waals surface area contributed by atoms with Crippen LogP contribution < -0.4 is 16.0 Å². The zero-order chi connectivity index (χ0) is 18.8. The van der Waals surface area contributed by atoms with Crippen molar-refractivity contribution in [3.63, 3.8) is 0 Å². The molecular formula is C21H27N3O2. The van der Waals surface area contributed by atoms with Gasteiger partial charge in [-0.05, 0) is 48.7 Å². The van der Waals surface area contributed by atoms with Crippen molar-refractivity contribution in [1.82, 2.24) is 5.32 Å². The number of hydrogen-bond donors (Lipinski definition) is 3. The maximum atomic E-state index is 12.0. The highest BCUT2D eigenvalue weighted by atomic mass is 16.2. The fourth-order valence-electron chi connectivity index (χ4n) is 2.50. The molecule has 2 aromatic rings. The van der Waals surface area contributed by atoms with E-state index in [4.69, 9.17) is 0 Å². The van der Waals surface area contributed by atoms with Crippen LogP contribution in [0, 0.1) is 5.92 Å². The van der Waals surface area contributed by atoms with E-state index < -0.39 is 0 Å². The molecule has 0 aliphatic heterocycles. The summed E-state index contributed by atoms with van der Waals surface area (Å²) in [6, 6.07) is 17.3. The lowest BCUT2D eigenvalue weighted by atomic mass is 10.1. The van der Waals surface area contributed by atoms with Gasteiger partial charge in [-0.1, -0.05) is 44.2 Å². The summed E-state index contributed by atoms with van der Waals surface area (Å²) in [4.78, 5) is 23.7. The van der Waals surface area contributed by atoms with Crippen molar-refractivity contribution in [2.24, 2.45) is 5.92 Å². The van der Waals surface area contributed by atoms with Crippen molar-refractivity contribution >= 4 is 23.2 Å². The molecule has 0 saturated heterocycles. The molecule has 0 heterocycles. The number of anilines is 2. The highest BCUT2D eigenvalue weighted by Gasteiger charge is 2.06. The molecule has 5 heteroatoms. The molecule has 0 aromatic heterocycles. The fourth-order valence-corrected chi connectivity index (χ4v) is 2.50. The van der Waals surface area contributed by atoms with Gasteiger partial charge in [0, 0.05) is 17.8 Å². The monoisotopic (exact) mass is 353 g/mol. The van der Waals surface area contributed by atoms with Gasteiger partial charge in [0.1, 0.15) is 0 Å². The molecule has 0 aliphatic rings. The van der Waals surface area contributed by atoms with Gasteiger partial charge in [-0.2, -0.15) is 0 Å². The van der Waals surface area contributed by atoms with Crippen LogP contribution in [0.5, 0.6) is 0 Å². The number of benzene rings is 2. The van der Waals surface area contributed by atoms with Crippen LogP contribution in [0.2, 0.25) is 0 Å². The molecule has 0 radical (unpaired) electrons. The topological polar surface area (TPSA) is 70.2 Å². The van der Waals surface area contributed by atoms with E-state index in [1.54, 1.807) is 24.3 Å². The first-order valence-corrected chi connectivity index (χ1v) is 8.97. The van der Waals surface area contributed by atoms with Gasteiger partial charge in [0.05, 0.1) is 6.54 Å². The van der Waals surface area contributed by atoms with Gasteiger partial charge in [0.25, 0.3) is 0 Å². The van der Waals surface area contributed by atoms with Crippen LogP contribution in [0.15, 0.2) is 54.6 Å². The van der Waals surface area contributed by atoms with Crippen LogP contribution in [0.25, 0.3) is 0 Å². The zero-order valence-corrected chi connectivity index (χ0v) is 15.4. The first-order valence-electron chi connectivity index (χ1n) is 8.97. The number of carbonyl (C=O) groups is 2. The summed E-state index contributed by atoms with van der Waals surface area (Å²) in [5.74, 6) is 0.233. The lowest BCUT2D eigenvalue weighted by molar-refractivity contribution is -0.117. The smallest absolute Gasteiger partial charge is 0.238 e. The van der Waals surface area contributed by atoms with Crippen LogP contribution >= 0.6 is 0 Å². The van der Waals surface area contributed by atoms with Gasteiger partial charge < -0.3 is 16.0 Å². The lowest BCUT2D eigenvalue weighted by Gasteiger charge is -2.09. The summed E-state index contributed by atoms with van der Waals surface area (Å²) in [7, 11) is 0. The van der Waals surface area contributed by atoms with E-state index in [2.05, 4.69) is 28.1 Å². The Balaban J connectivity index is 1.69. The van der Waals surface area contributed by atoms with Gasteiger partial charge in [0.2, 0.25) is 11.8 Å². The largest absolute Gasteiger partial charge is 0.326 e. The Kier molecular flexibility index (Phi) is 7.83. The van der Waals surface area contributed by atoms with Crippen molar-refractivity contribution in [3.05, 3.63) is 60.2 Å². The first kappa shape index (κ1) is 19.7. The van der Waals surface area contributed by atoms with E-state index >= 15 is 0 Å². The Morgan fingerprint density at radius 3 is 2.00 bits per heavy atom. The van der Waals surface area contributed by atoms with Crippen molar-refractivity contribution in [3.8, 4) is 0 Å². The zero-order valence-electron chi connectivity index (χ0n) is 15.4. The molecule has 0 atom stereocenters. The van der Waals surface area contributed by atoms with Gasteiger partial charge in [-0.15, -0.1) is 0 Å². The first-order chi connectivity index (χ1) is 12.5. The lowest BCUT2D eigenvalue weighted by Crippen LogP contribution is -2.29. The Bertz CT molecular complexity index is 697. The molecular weight excluding hydrogens is 326 g/mol. The average Bonchev–Trinajstić information content (AvgIpc) is 2.61. The molecule has 26 heavy (non-hydrogen) atoms. The molecule has 0 fully saturated rings. The van der Waals surface area contributed by atoms with Crippen LogP contribution in [-0.2, 0) is 16.0 Å². The summed E-state index contributed by atoms with van der Waals surface area (Å²) < 4.78 is 0. The molecule has 138 valence electrons. The van der Waals surface area contributed by atoms with E-state index in [-0.39, 0.29) is 18.4 Å². The minimum atomic E-state index is -0.0883. The predicted molar refractivity (Wildman–Crippen MR) is 106 cm³/mol. The third-order valence-electron chi connectivity index (χ3n) is 3.76. The second kappa shape index (κ2) is 10.4. The third-order valence-corrected chi connectivity index (χ3v) is 3.76. The van der Waals surface area contributed by atoms with Crippen LogP contribution in [0.1, 0.15) is 25.8 Å². The highest BCUT2D eigenvalue weighted by Crippen LogP contribution is 2.14. The fraction of sp³-hybridized carbons (Fsp3) is 0.333. The van der Waals surface area contributed by atoms with Gasteiger partial charge >= 0.3 is 0 Å². The van der Waals surface area contributed by atoms with Crippen LogP contribution in [0.3, 0.4) is 0 Å². The third kappa shape index (κ3) is 7.49. The molecule has 2 amide bonds. The number of nitrogens with one attached hydrogen (secondary N) is 3. The molecule has 2 rings (SSSR count). The molecule has 0 unspecified atom stereocenters. The van der Waals surface area contributed by atoms with Crippen LogP contribution in [0.4, 0.5) is 11.4 Å².